The molecule has 0 aliphatic rings. The number of hydrogen-bond donors (Lipinski definition) is 0. The molecule has 0 N–H and O–H groups in total. The number of carbonyl (C=O) groups excluding carboxylic acids is 1. The SMILES string of the molecule is O=C(C[n+]1cccc2cc(Cl)ccc21)c1ccc(Br)cc1.[Br-]. The number of rotatable bonds is 3. The van der Waals surface area contributed by atoms with Gasteiger partial charge in [-0.05, 0) is 30.3 Å². The van der Waals surface area contributed by atoms with Gasteiger partial charge in [-0.25, -0.2) is 0 Å². The van der Waals surface area contributed by atoms with E-state index in [0.29, 0.717) is 17.1 Å². The summed E-state index contributed by atoms with van der Waals surface area (Å²) in [7, 11) is 0. The van der Waals surface area contributed by atoms with E-state index in [1.54, 1.807) is 0 Å². The Morgan fingerprint density at radius 2 is 1.82 bits per heavy atom. The third-order valence-corrected chi connectivity index (χ3v) is 4.08. The second-order valence-electron chi connectivity index (χ2n) is 4.77. The molecule has 1 heterocycles. The van der Waals surface area contributed by atoms with Crippen molar-refractivity contribution in [3.05, 3.63) is 75.9 Å². The second-order valence-corrected chi connectivity index (χ2v) is 6.12. The molecule has 5 heteroatoms. The normalized spacial score (nSPS) is 10.3. The topological polar surface area (TPSA) is 20.9 Å². The number of halogens is 3. The summed E-state index contributed by atoms with van der Waals surface area (Å²) in [5.41, 5.74) is 1.70. The summed E-state index contributed by atoms with van der Waals surface area (Å²) in [4.78, 5) is 12.4. The van der Waals surface area contributed by atoms with Crippen molar-refractivity contribution < 1.29 is 26.3 Å². The quantitative estimate of drug-likeness (QED) is 0.445. The lowest BCUT2D eigenvalue weighted by Gasteiger charge is -2.02. The number of benzene rings is 2. The van der Waals surface area contributed by atoms with Crippen LogP contribution in [0.15, 0.2) is 65.3 Å². The van der Waals surface area contributed by atoms with Crippen molar-refractivity contribution in [3.63, 3.8) is 0 Å². The highest BCUT2D eigenvalue weighted by atomic mass is 79.9. The molecule has 0 aliphatic heterocycles. The van der Waals surface area contributed by atoms with Gasteiger partial charge in [0.2, 0.25) is 17.8 Å². The van der Waals surface area contributed by atoms with E-state index in [9.17, 15) is 4.79 Å². The summed E-state index contributed by atoms with van der Waals surface area (Å²) >= 11 is 9.38. The first-order valence-electron chi connectivity index (χ1n) is 6.50. The summed E-state index contributed by atoms with van der Waals surface area (Å²) in [5.74, 6) is 0.0787. The smallest absolute Gasteiger partial charge is 0.227 e. The Hall–Kier alpha value is -1.23. The average Bonchev–Trinajstić information content (AvgIpc) is 2.47. The van der Waals surface area contributed by atoms with Gasteiger partial charge in [0.1, 0.15) is 0 Å². The first-order valence-corrected chi connectivity index (χ1v) is 7.67. The second kappa shape index (κ2) is 7.36. The van der Waals surface area contributed by atoms with E-state index in [2.05, 4.69) is 15.9 Å². The van der Waals surface area contributed by atoms with Gasteiger partial charge < -0.3 is 17.0 Å². The third kappa shape index (κ3) is 3.75. The molecular formula is C17H12Br2ClNO. The van der Waals surface area contributed by atoms with Crippen LogP contribution in [-0.2, 0) is 6.54 Å². The Labute approximate surface area is 152 Å². The van der Waals surface area contributed by atoms with Gasteiger partial charge in [0.15, 0.2) is 6.20 Å². The van der Waals surface area contributed by atoms with E-state index < -0.39 is 0 Å². The summed E-state index contributed by atoms with van der Waals surface area (Å²) < 4.78 is 2.90. The summed E-state index contributed by atoms with van der Waals surface area (Å²) in [6, 6.07) is 17.0. The van der Waals surface area contributed by atoms with Gasteiger partial charge in [-0.2, -0.15) is 4.57 Å². The maximum absolute atomic E-state index is 12.4. The van der Waals surface area contributed by atoms with Crippen LogP contribution in [0.5, 0.6) is 0 Å². The van der Waals surface area contributed by atoms with Crippen molar-refractivity contribution in [2.24, 2.45) is 0 Å². The van der Waals surface area contributed by atoms with Crippen molar-refractivity contribution in [3.8, 4) is 0 Å². The van der Waals surface area contributed by atoms with Crippen molar-refractivity contribution in [2.75, 3.05) is 0 Å². The van der Waals surface area contributed by atoms with Gasteiger partial charge in [0.05, 0.1) is 0 Å². The minimum absolute atomic E-state index is 0. The van der Waals surface area contributed by atoms with Crippen LogP contribution in [0.25, 0.3) is 10.9 Å². The number of ketones is 1. The zero-order valence-corrected chi connectivity index (χ0v) is 15.4. The van der Waals surface area contributed by atoms with Crippen LogP contribution in [0.3, 0.4) is 0 Å². The fraction of sp³-hybridized carbons (Fsp3) is 0.0588. The van der Waals surface area contributed by atoms with Crippen LogP contribution >= 0.6 is 27.5 Å². The maximum Gasteiger partial charge on any atom is 0.227 e. The number of hydrogen-bond acceptors (Lipinski definition) is 1. The van der Waals surface area contributed by atoms with E-state index in [1.807, 2.05) is 65.4 Å². The van der Waals surface area contributed by atoms with Gasteiger partial charge >= 0.3 is 0 Å². The summed E-state index contributed by atoms with van der Waals surface area (Å²) in [5, 5.41) is 1.72. The monoisotopic (exact) mass is 439 g/mol. The number of aromatic nitrogens is 1. The van der Waals surface area contributed by atoms with E-state index in [0.717, 1.165) is 15.4 Å². The molecule has 0 saturated heterocycles. The lowest BCUT2D eigenvalue weighted by atomic mass is 10.1. The number of pyridine rings is 1. The zero-order chi connectivity index (χ0) is 14.8. The molecular weight excluding hydrogens is 429 g/mol. The third-order valence-electron chi connectivity index (χ3n) is 3.32. The van der Waals surface area contributed by atoms with E-state index in [-0.39, 0.29) is 22.8 Å². The van der Waals surface area contributed by atoms with E-state index in [1.165, 1.54) is 0 Å². The minimum Gasteiger partial charge on any atom is -1.00 e. The Balaban J connectivity index is 0.00000176. The highest BCUT2D eigenvalue weighted by Gasteiger charge is 2.15. The molecule has 0 amide bonds. The molecule has 0 fully saturated rings. The van der Waals surface area contributed by atoms with Gasteiger partial charge in [-0.3, -0.25) is 4.79 Å². The number of carbonyl (C=O) groups is 1. The van der Waals surface area contributed by atoms with Crippen molar-refractivity contribution >= 4 is 44.2 Å². The molecule has 0 bridgehead atoms. The highest BCUT2D eigenvalue weighted by molar-refractivity contribution is 9.10. The lowest BCUT2D eigenvalue weighted by Crippen LogP contribution is -3.00. The van der Waals surface area contributed by atoms with Crippen molar-refractivity contribution in [1.82, 2.24) is 0 Å². The van der Waals surface area contributed by atoms with Crippen LogP contribution in [0, 0.1) is 0 Å². The van der Waals surface area contributed by atoms with Crippen LogP contribution < -0.4 is 21.5 Å². The highest BCUT2D eigenvalue weighted by Crippen LogP contribution is 2.16. The predicted octanol–water partition coefficient (Wildman–Crippen LogP) is 1.43. The van der Waals surface area contributed by atoms with Crippen molar-refractivity contribution in [2.45, 2.75) is 6.54 Å². The standard InChI is InChI=1S/C17H12BrClNO.BrH/c18-14-5-3-12(4-6-14)17(21)11-20-9-1-2-13-10-15(19)7-8-16(13)20;/h1-10H,11H2;1H/q+1;/p-1. The van der Waals surface area contributed by atoms with Crippen LogP contribution in [-0.4, -0.2) is 5.78 Å². The Kier molecular flexibility index (Phi) is 5.73. The van der Waals surface area contributed by atoms with Gasteiger partial charge in [0.25, 0.3) is 0 Å². The number of fused-ring (bicyclic) bond motifs is 1. The van der Waals surface area contributed by atoms with Crippen LogP contribution in [0.4, 0.5) is 0 Å². The summed E-state index contributed by atoms with van der Waals surface area (Å²) in [6.45, 7) is 0.306. The first-order chi connectivity index (χ1) is 10.1. The molecule has 2 aromatic carbocycles. The van der Waals surface area contributed by atoms with Crippen LogP contribution in [0.1, 0.15) is 10.4 Å². The fourth-order valence-electron chi connectivity index (χ4n) is 2.27. The van der Waals surface area contributed by atoms with Gasteiger partial charge in [0, 0.05) is 32.6 Å². The molecule has 0 atom stereocenters. The molecule has 2 nitrogen and oxygen atoms in total. The molecule has 3 rings (SSSR count). The number of Topliss-reactive ketones (excluding diaryl/α,β-unsaturated/α-hetero) is 1. The molecule has 0 spiro atoms. The average molecular weight is 442 g/mol. The Morgan fingerprint density at radius 3 is 2.55 bits per heavy atom. The lowest BCUT2D eigenvalue weighted by molar-refractivity contribution is -0.657. The molecule has 112 valence electrons. The molecule has 22 heavy (non-hydrogen) atoms. The van der Waals surface area contributed by atoms with Gasteiger partial charge in [-0.1, -0.05) is 39.7 Å². The maximum atomic E-state index is 12.4. The Bertz CT molecular complexity index is 819. The molecule has 0 unspecified atom stereocenters. The number of nitrogens with zero attached hydrogens (tertiary/aromatic N) is 1. The first kappa shape index (κ1) is 17.1. The molecule has 3 aromatic rings. The molecule has 1 aromatic heterocycles. The van der Waals surface area contributed by atoms with Crippen molar-refractivity contribution in [1.29, 1.82) is 0 Å². The Morgan fingerprint density at radius 1 is 1.09 bits per heavy atom. The molecule has 0 aliphatic carbocycles. The predicted molar refractivity (Wildman–Crippen MR) is 87.6 cm³/mol. The molecule has 0 saturated carbocycles. The summed E-state index contributed by atoms with van der Waals surface area (Å²) in [6.07, 6.45) is 1.91. The van der Waals surface area contributed by atoms with Crippen LogP contribution in [0.2, 0.25) is 5.02 Å². The fourth-order valence-corrected chi connectivity index (χ4v) is 2.72. The largest absolute Gasteiger partial charge is 1.00 e. The molecule has 0 radical (unpaired) electrons. The van der Waals surface area contributed by atoms with E-state index >= 15 is 0 Å². The van der Waals surface area contributed by atoms with Gasteiger partial charge in [-0.15, -0.1) is 0 Å². The zero-order valence-electron chi connectivity index (χ0n) is 11.5. The van der Waals surface area contributed by atoms with E-state index in [4.69, 9.17) is 11.6 Å². The minimum atomic E-state index is 0.